The number of nitrogens with one attached hydrogen (secondary N) is 1. The van der Waals surface area contributed by atoms with Crippen molar-refractivity contribution in [3.05, 3.63) is 29.5 Å². The molecular weight excluding hydrogens is 348 g/mol. The fourth-order valence-electron chi connectivity index (χ4n) is 4.46. The minimum atomic E-state index is -0.181. The summed E-state index contributed by atoms with van der Waals surface area (Å²) in [6, 6.07) is 6.13. The number of hydrogen-bond donors (Lipinski definition) is 1. The van der Waals surface area contributed by atoms with Gasteiger partial charge in [-0.1, -0.05) is 34.6 Å². The summed E-state index contributed by atoms with van der Waals surface area (Å²) in [7, 11) is 1.70. The lowest BCUT2D eigenvalue weighted by atomic mass is 9.76. The van der Waals surface area contributed by atoms with Crippen LogP contribution >= 0.6 is 0 Å². The number of aromatic nitrogens is 1. The van der Waals surface area contributed by atoms with E-state index in [0.29, 0.717) is 5.92 Å². The quantitative estimate of drug-likeness (QED) is 0.706. The van der Waals surface area contributed by atoms with Gasteiger partial charge in [0.2, 0.25) is 5.91 Å². The van der Waals surface area contributed by atoms with Crippen LogP contribution in [-0.4, -0.2) is 24.1 Å². The van der Waals surface area contributed by atoms with E-state index in [2.05, 4.69) is 56.6 Å². The molecule has 1 aliphatic carbocycles. The maximum atomic E-state index is 13.1. The average molecular weight is 385 g/mol. The predicted octanol–water partition coefficient (Wildman–Crippen LogP) is 5.28. The Hall–Kier alpha value is -1.97. The van der Waals surface area contributed by atoms with Crippen molar-refractivity contribution >= 4 is 16.8 Å². The Kier molecular flexibility index (Phi) is 6.07. The Labute approximate surface area is 169 Å². The number of benzene rings is 1. The number of carbonyl (C=O) groups is 1. The number of nitrogens with zero attached hydrogens (tertiary/aromatic N) is 1. The van der Waals surface area contributed by atoms with Crippen molar-refractivity contribution in [1.29, 1.82) is 0 Å². The van der Waals surface area contributed by atoms with Gasteiger partial charge in [-0.05, 0) is 61.1 Å². The molecule has 1 atom stereocenters. The molecule has 1 aromatic heterocycles. The van der Waals surface area contributed by atoms with Gasteiger partial charge in [-0.15, -0.1) is 0 Å². The fraction of sp³-hybridized carbons (Fsp3) is 0.625. The molecule has 0 spiro atoms. The largest absolute Gasteiger partial charge is 0.497 e. The van der Waals surface area contributed by atoms with Crippen LogP contribution in [-0.2, 0) is 17.6 Å². The van der Waals surface area contributed by atoms with Crippen molar-refractivity contribution in [3.63, 3.8) is 0 Å². The van der Waals surface area contributed by atoms with Gasteiger partial charge in [0.25, 0.3) is 0 Å². The third kappa shape index (κ3) is 4.06. The van der Waals surface area contributed by atoms with Crippen LogP contribution in [0.1, 0.15) is 71.2 Å². The molecule has 0 saturated heterocycles. The van der Waals surface area contributed by atoms with E-state index >= 15 is 0 Å². The van der Waals surface area contributed by atoms with Crippen molar-refractivity contribution in [2.45, 2.75) is 72.8 Å². The number of methoxy groups -OCH3 is 1. The topological polar surface area (TPSA) is 43.3 Å². The zero-order chi connectivity index (χ0) is 20.5. The summed E-state index contributed by atoms with van der Waals surface area (Å²) < 4.78 is 7.82. The highest BCUT2D eigenvalue weighted by atomic mass is 16.5. The van der Waals surface area contributed by atoms with Crippen molar-refractivity contribution in [1.82, 2.24) is 9.88 Å². The minimum absolute atomic E-state index is 0.133. The Morgan fingerprint density at radius 2 is 2.07 bits per heavy atom. The van der Waals surface area contributed by atoms with Crippen molar-refractivity contribution in [3.8, 4) is 5.75 Å². The van der Waals surface area contributed by atoms with E-state index in [-0.39, 0.29) is 17.4 Å². The monoisotopic (exact) mass is 384 g/mol. The van der Waals surface area contributed by atoms with Crippen LogP contribution < -0.4 is 10.1 Å². The number of carbonyl (C=O) groups excluding carboxylic acids is 1. The van der Waals surface area contributed by atoms with Gasteiger partial charge in [0.05, 0.1) is 12.6 Å². The number of ether oxygens (including phenoxy) is 1. The van der Waals surface area contributed by atoms with Crippen LogP contribution in [0.3, 0.4) is 0 Å². The van der Waals surface area contributed by atoms with Crippen LogP contribution in [0.15, 0.2) is 18.2 Å². The fourth-order valence-corrected chi connectivity index (χ4v) is 4.46. The summed E-state index contributed by atoms with van der Waals surface area (Å²) in [4.78, 5) is 13.1. The molecule has 1 heterocycles. The molecule has 4 nitrogen and oxygen atoms in total. The predicted molar refractivity (Wildman–Crippen MR) is 116 cm³/mol. The van der Waals surface area contributed by atoms with Crippen LogP contribution in [0.5, 0.6) is 5.75 Å². The highest BCUT2D eigenvalue weighted by molar-refractivity contribution is 5.90. The zero-order valence-electron chi connectivity index (χ0n) is 18.4. The molecule has 154 valence electrons. The number of rotatable bonds is 7. The second kappa shape index (κ2) is 8.18. The molecule has 0 fully saturated rings. The van der Waals surface area contributed by atoms with E-state index < -0.39 is 0 Å². The van der Waals surface area contributed by atoms with Gasteiger partial charge in [-0.2, -0.15) is 0 Å². The lowest BCUT2D eigenvalue weighted by molar-refractivity contribution is -0.124. The summed E-state index contributed by atoms with van der Waals surface area (Å²) in [6.07, 6.45) is 5.05. The van der Waals surface area contributed by atoms with E-state index in [1.807, 2.05) is 6.07 Å². The van der Waals surface area contributed by atoms with Crippen molar-refractivity contribution < 1.29 is 9.53 Å². The number of fused-ring (bicyclic) bond motifs is 3. The lowest BCUT2D eigenvalue weighted by Gasteiger charge is -2.32. The highest BCUT2D eigenvalue weighted by Gasteiger charge is 2.33. The smallest absolute Gasteiger partial charge is 0.243 e. The van der Waals surface area contributed by atoms with Crippen LogP contribution in [0, 0.1) is 11.3 Å². The molecule has 4 heteroatoms. The van der Waals surface area contributed by atoms with Gasteiger partial charge in [-0.25, -0.2) is 0 Å². The molecule has 1 N–H and O–H groups in total. The molecule has 1 amide bonds. The van der Waals surface area contributed by atoms with Crippen LogP contribution in [0.2, 0.25) is 0 Å². The number of aryl methyl sites for hydroxylation is 1. The summed E-state index contributed by atoms with van der Waals surface area (Å²) in [5.74, 6) is 1.57. The van der Waals surface area contributed by atoms with Gasteiger partial charge in [0, 0.05) is 23.7 Å². The maximum Gasteiger partial charge on any atom is 0.243 e. The average Bonchev–Trinajstić information content (AvgIpc) is 2.93. The van der Waals surface area contributed by atoms with Gasteiger partial charge in [0.15, 0.2) is 0 Å². The van der Waals surface area contributed by atoms with Gasteiger partial charge >= 0.3 is 0 Å². The van der Waals surface area contributed by atoms with E-state index in [1.54, 1.807) is 7.11 Å². The first-order chi connectivity index (χ1) is 13.3. The molecule has 0 saturated carbocycles. The number of amides is 1. The molecule has 1 aromatic carbocycles. The standard InChI is InChI=1S/C24H36N2O2/c1-7-20(23(27)25-13-11-16(2)3)26-21-14-17(28-6)8-9-18(21)19-10-12-24(4,5)15-22(19)26/h8-9,14,16,20H,7,10-13,15H2,1-6H3,(H,25,27). The maximum absolute atomic E-state index is 13.1. The third-order valence-electron chi connectivity index (χ3n) is 6.15. The van der Waals surface area contributed by atoms with E-state index in [9.17, 15) is 4.79 Å². The minimum Gasteiger partial charge on any atom is -0.497 e. The Morgan fingerprint density at radius 3 is 2.71 bits per heavy atom. The van der Waals surface area contributed by atoms with Crippen LogP contribution in [0.4, 0.5) is 0 Å². The first kappa shape index (κ1) is 20.8. The molecule has 28 heavy (non-hydrogen) atoms. The molecule has 2 aromatic rings. The first-order valence-electron chi connectivity index (χ1n) is 10.7. The molecule has 0 radical (unpaired) electrons. The molecule has 0 aliphatic heterocycles. The highest BCUT2D eigenvalue weighted by Crippen LogP contribution is 2.42. The van der Waals surface area contributed by atoms with Gasteiger partial charge in [-0.3, -0.25) is 4.79 Å². The summed E-state index contributed by atoms with van der Waals surface area (Å²) in [6.45, 7) is 11.9. The Bertz CT molecular complexity index is 848. The van der Waals surface area contributed by atoms with Crippen molar-refractivity contribution in [2.75, 3.05) is 13.7 Å². The van der Waals surface area contributed by atoms with Crippen LogP contribution in [0.25, 0.3) is 10.9 Å². The SMILES string of the molecule is CCC(C(=O)NCCC(C)C)n1c2c(c3ccc(OC)cc31)CCC(C)(C)C2. The summed E-state index contributed by atoms with van der Waals surface area (Å²) in [5.41, 5.74) is 4.15. The number of hydrogen-bond acceptors (Lipinski definition) is 2. The van der Waals surface area contributed by atoms with Crippen molar-refractivity contribution in [2.24, 2.45) is 11.3 Å². The van der Waals surface area contributed by atoms with E-state index in [1.165, 1.54) is 23.1 Å². The second-order valence-electron chi connectivity index (χ2n) is 9.42. The third-order valence-corrected chi connectivity index (χ3v) is 6.15. The van der Waals surface area contributed by atoms with E-state index in [4.69, 9.17) is 4.74 Å². The Balaban J connectivity index is 2.07. The zero-order valence-corrected chi connectivity index (χ0v) is 18.4. The molecular formula is C24H36N2O2. The summed E-state index contributed by atoms with van der Waals surface area (Å²) >= 11 is 0. The van der Waals surface area contributed by atoms with Gasteiger partial charge < -0.3 is 14.6 Å². The molecule has 3 rings (SSSR count). The molecule has 1 aliphatic rings. The van der Waals surface area contributed by atoms with Gasteiger partial charge in [0.1, 0.15) is 11.8 Å². The van der Waals surface area contributed by atoms with E-state index in [0.717, 1.165) is 43.5 Å². The molecule has 0 bridgehead atoms. The summed E-state index contributed by atoms with van der Waals surface area (Å²) in [5, 5.41) is 4.46. The Morgan fingerprint density at radius 1 is 1.32 bits per heavy atom. The molecule has 1 unspecified atom stereocenters. The first-order valence-corrected chi connectivity index (χ1v) is 10.7. The lowest BCUT2D eigenvalue weighted by Crippen LogP contribution is -2.35. The normalized spacial score (nSPS) is 16.8. The second-order valence-corrected chi connectivity index (χ2v) is 9.42.